The molecule has 0 saturated heterocycles. The number of aromatic nitrogens is 2. The van der Waals surface area contributed by atoms with Gasteiger partial charge in [0.2, 0.25) is 0 Å². The number of alkyl halides is 1. The largest absolute Gasteiger partial charge is 0.295 e. The van der Waals surface area contributed by atoms with Crippen molar-refractivity contribution >= 4 is 11.6 Å². The van der Waals surface area contributed by atoms with E-state index in [1.54, 1.807) is 12.4 Å². The maximum Gasteiger partial charge on any atom is 0.142 e. The highest BCUT2D eigenvalue weighted by Crippen LogP contribution is 2.01. The minimum absolute atomic E-state index is 0.663. The first-order chi connectivity index (χ1) is 7.36. The van der Waals surface area contributed by atoms with Crippen molar-refractivity contribution in [3.05, 3.63) is 24.3 Å². The Morgan fingerprint density at radius 1 is 1.27 bits per heavy atom. The molecule has 0 fully saturated rings. The molecule has 15 heavy (non-hydrogen) atoms. The highest BCUT2D eigenvalue weighted by molar-refractivity contribution is 6.18. The summed E-state index contributed by atoms with van der Waals surface area (Å²) < 4.78 is 0. The van der Waals surface area contributed by atoms with Gasteiger partial charge in [0, 0.05) is 24.8 Å². The molecule has 0 spiro atoms. The lowest BCUT2D eigenvalue weighted by atomic mass is 10.3. The molecule has 0 unspecified atom stereocenters. The van der Waals surface area contributed by atoms with Crippen LogP contribution < -0.4 is 0 Å². The normalized spacial score (nSPS) is 10.9. The van der Waals surface area contributed by atoms with Crippen molar-refractivity contribution in [3.8, 4) is 0 Å². The van der Waals surface area contributed by atoms with Gasteiger partial charge in [0.25, 0.3) is 0 Å². The van der Waals surface area contributed by atoms with Crippen LogP contribution in [0.1, 0.15) is 25.6 Å². The molecule has 0 N–H and O–H groups in total. The Bertz CT molecular complexity index is 253. The van der Waals surface area contributed by atoms with Crippen LogP contribution in [-0.2, 0) is 6.54 Å². The first kappa shape index (κ1) is 12.4. The van der Waals surface area contributed by atoms with Gasteiger partial charge in [-0.2, -0.15) is 0 Å². The van der Waals surface area contributed by atoms with E-state index in [9.17, 15) is 0 Å². The molecule has 4 heteroatoms. The Balaban J connectivity index is 2.43. The predicted molar refractivity (Wildman–Crippen MR) is 62.9 cm³/mol. The van der Waals surface area contributed by atoms with E-state index in [0.717, 1.165) is 25.5 Å². The van der Waals surface area contributed by atoms with Crippen LogP contribution in [0.15, 0.2) is 18.5 Å². The highest BCUT2D eigenvalue weighted by atomic mass is 35.5. The number of hydrogen-bond acceptors (Lipinski definition) is 3. The molecule has 3 nitrogen and oxygen atoms in total. The summed E-state index contributed by atoms with van der Waals surface area (Å²) in [5, 5.41) is 0. The summed E-state index contributed by atoms with van der Waals surface area (Å²) in [5.41, 5.74) is 0. The maximum absolute atomic E-state index is 5.76. The van der Waals surface area contributed by atoms with E-state index in [-0.39, 0.29) is 0 Å². The van der Waals surface area contributed by atoms with E-state index in [0.29, 0.717) is 5.88 Å². The fraction of sp³-hybridized carbons (Fsp3) is 0.636. The van der Waals surface area contributed by atoms with Gasteiger partial charge < -0.3 is 0 Å². The molecule has 84 valence electrons. The molecule has 0 aliphatic heterocycles. The minimum atomic E-state index is 0.663. The fourth-order valence-corrected chi connectivity index (χ4v) is 1.62. The second-order valence-corrected chi connectivity index (χ2v) is 3.86. The summed E-state index contributed by atoms with van der Waals surface area (Å²) in [6, 6.07) is 1.83. The van der Waals surface area contributed by atoms with Crippen LogP contribution in [0.2, 0.25) is 0 Å². The fourth-order valence-electron chi connectivity index (χ4n) is 1.38. The van der Waals surface area contributed by atoms with E-state index < -0.39 is 0 Å². The lowest BCUT2D eigenvalue weighted by molar-refractivity contribution is 0.270. The SMILES string of the molecule is CCCCN(CCCl)Cc1ncccn1. The molecule has 0 bridgehead atoms. The third kappa shape index (κ3) is 5.09. The first-order valence-electron chi connectivity index (χ1n) is 5.41. The van der Waals surface area contributed by atoms with Crippen LogP contribution in [0, 0.1) is 0 Å². The highest BCUT2D eigenvalue weighted by Gasteiger charge is 2.05. The summed E-state index contributed by atoms with van der Waals surface area (Å²) in [6.45, 7) is 4.97. The van der Waals surface area contributed by atoms with Crippen LogP contribution in [-0.4, -0.2) is 33.8 Å². The summed E-state index contributed by atoms with van der Waals surface area (Å²) >= 11 is 5.76. The standard InChI is InChI=1S/C11H18ClN3/c1-2-3-8-15(9-5-12)10-11-13-6-4-7-14-11/h4,6-7H,2-3,5,8-10H2,1H3. The van der Waals surface area contributed by atoms with Crippen LogP contribution in [0.4, 0.5) is 0 Å². The molecule has 0 radical (unpaired) electrons. The van der Waals surface area contributed by atoms with Gasteiger partial charge in [0.05, 0.1) is 6.54 Å². The van der Waals surface area contributed by atoms with Gasteiger partial charge in [0.1, 0.15) is 5.82 Å². The molecule has 0 atom stereocenters. The van der Waals surface area contributed by atoms with Crippen molar-refractivity contribution in [2.24, 2.45) is 0 Å². The van der Waals surface area contributed by atoms with Gasteiger partial charge in [-0.1, -0.05) is 13.3 Å². The van der Waals surface area contributed by atoms with Crippen molar-refractivity contribution in [2.45, 2.75) is 26.3 Å². The van der Waals surface area contributed by atoms with Crippen molar-refractivity contribution < 1.29 is 0 Å². The molecule has 0 aliphatic rings. The van der Waals surface area contributed by atoms with Gasteiger partial charge >= 0.3 is 0 Å². The minimum Gasteiger partial charge on any atom is -0.295 e. The molecular formula is C11H18ClN3. The average molecular weight is 228 g/mol. The number of halogens is 1. The Kier molecular flexibility index (Phi) is 6.28. The zero-order valence-corrected chi connectivity index (χ0v) is 9.95. The molecule has 1 heterocycles. The van der Waals surface area contributed by atoms with Gasteiger partial charge in [-0.25, -0.2) is 9.97 Å². The van der Waals surface area contributed by atoms with Crippen LogP contribution in [0.3, 0.4) is 0 Å². The topological polar surface area (TPSA) is 29.0 Å². The Labute approximate surface area is 96.5 Å². The van der Waals surface area contributed by atoms with E-state index in [4.69, 9.17) is 11.6 Å². The number of hydrogen-bond donors (Lipinski definition) is 0. The molecule has 1 aromatic heterocycles. The molecule has 0 aliphatic carbocycles. The Morgan fingerprint density at radius 3 is 2.60 bits per heavy atom. The summed E-state index contributed by atoms with van der Waals surface area (Å²) in [4.78, 5) is 10.7. The van der Waals surface area contributed by atoms with Crippen molar-refractivity contribution in [1.82, 2.24) is 14.9 Å². The van der Waals surface area contributed by atoms with Gasteiger partial charge in [-0.3, -0.25) is 4.90 Å². The van der Waals surface area contributed by atoms with Crippen molar-refractivity contribution in [1.29, 1.82) is 0 Å². The molecular weight excluding hydrogens is 210 g/mol. The predicted octanol–water partition coefficient (Wildman–Crippen LogP) is 2.32. The Hall–Kier alpha value is -0.670. The van der Waals surface area contributed by atoms with Gasteiger partial charge in [-0.15, -0.1) is 11.6 Å². The van der Waals surface area contributed by atoms with E-state index in [1.165, 1.54) is 12.8 Å². The molecule has 1 aromatic rings. The quantitative estimate of drug-likeness (QED) is 0.670. The zero-order valence-electron chi connectivity index (χ0n) is 9.19. The molecule has 1 rings (SSSR count). The molecule has 0 aromatic carbocycles. The number of nitrogens with zero attached hydrogens (tertiary/aromatic N) is 3. The van der Waals surface area contributed by atoms with E-state index in [1.807, 2.05) is 6.07 Å². The monoisotopic (exact) mass is 227 g/mol. The summed E-state index contributed by atoms with van der Waals surface area (Å²) in [6.07, 6.45) is 5.96. The van der Waals surface area contributed by atoms with Crippen molar-refractivity contribution in [2.75, 3.05) is 19.0 Å². The first-order valence-corrected chi connectivity index (χ1v) is 5.94. The van der Waals surface area contributed by atoms with Crippen LogP contribution >= 0.6 is 11.6 Å². The Morgan fingerprint density at radius 2 is 2.00 bits per heavy atom. The van der Waals surface area contributed by atoms with E-state index in [2.05, 4.69) is 21.8 Å². The summed E-state index contributed by atoms with van der Waals surface area (Å²) in [7, 11) is 0. The van der Waals surface area contributed by atoms with E-state index >= 15 is 0 Å². The van der Waals surface area contributed by atoms with Crippen molar-refractivity contribution in [3.63, 3.8) is 0 Å². The molecule has 0 amide bonds. The number of rotatable bonds is 7. The average Bonchev–Trinajstić information content (AvgIpc) is 2.28. The summed E-state index contributed by atoms with van der Waals surface area (Å²) in [5.74, 6) is 1.54. The lowest BCUT2D eigenvalue weighted by Crippen LogP contribution is -2.27. The molecule has 0 saturated carbocycles. The lowest BCUT2D eigenvalue weighted by Gasteiger charge is -2.19. The zero-order chi connectivity index (χ0) is 10.9. The number of unbranched alkanes of at least 4 members (excludes halogenated alkanes) is 1. The third-order valence-corrected chi connectivity index (χ3v) is 2.38. The van der Waals surface area contributed by atoms with Crippen LogP contribution in [0.5, 0.6) is 0 Å². The smallest absolute Gasteiger partial charge is 0.142 e. The maximum atomic E-state index is 5.76. The van der Waals surface area contributed by atoms with Gasteiger partial charge in [-0.05, 0) is 19.0 Å². The second kappa shape index (κ2) is 7.60. The van der Waals surface area contributed by atoms with Crippen LogP contribution in [0.25, 0.3) is 0 Å². The van der Waals surface area contributed by atoms with Gasteiger partial charge in [0.15, 0.2) is 0 Å². The third-order valence-electron chi connectivity index (χ3n) is 2.21. The second-order valence-electron chi connectivity index (χ2n) is 3.48.